The van der Waals surface area contributed by atoms with Crippen molar-refractivity contribution in [1.29, 1.82) is 0 Å². The van der Waals surface area contributed by atoms with Crippen molar-refractivity contribution >= 4 is 17.8 Å². The van der Waals surface area contributed by atoms with Crippen molar-refractivity contribution in [1.82, 2.24) is 15.5 Å². The number of nitrogens with one attached hydrogen (secondary N) is 1. The number of nitrogens with zero attached hydrogens (tertiary/aromatic N) is 3. The van der Waals surface area contributed by atoms with E-state index in [0.717, 1.165) is 12.3 Å². The first-order valence-electron chi connectivity index (χ1n) is 6.29. The Hall–Kier alpha value is -0.750. The van der Waals surface area contributed by atoms with Gasteiger partial charge in [-0.3, -0.25) is 0 Å². The van der Waals surface area contributed by atoms with Crippen LogP contribution in [0.5, 0.6) is 0 Å². The van der Waals surface area contributed by atoms with E-state index in [1.807, 2.05) is 23.7 Å². The molecule has 1 aromatic heterocycles. The molecule has 18 heavy (non-hydrogen) atoms. The molecule has 0 saturated carbocycles. The highest BCUT2D eigenvalue weighted by Gasteiger charge is 2.15. The first kappa shape index (κ1) is 15.3. The summed E-state index contributed by atoms with van der Waals surface area (Å²) in [4.78, 5) is 2.02. The van der Waals surface area contributed by atoms with Gasteiger partial charge in [-0.25, -0.2) is 0 Å². The lowest BCUT2D eigenvalue weighted by molar-refractivity contribution is 0.446. The highest BCUT2D eigenvalue weighted by Crippen LogP contribution is 2.15. The maximum Gasteiger partial charge on any atom is 0.318 e. The minimum absolute atomic E-state index is 0.386. The lowest BCUT2D eigenvalue weighted by Crippen LogP contribution is -2.31. The van der Waals surface area contributed by atoms with E-state index in [2.05, 4.69) is 42.5 Å². The average Bonchev–Trinajstić information content (AvgIpc) is 2.76. The van der Waals surface area contributed by atoms with E-state index >= 15 is 0 Å². The maximum absolute atomic E-state index is 5.63. The molecule has 0 aromatic carbocycles. The predicted octanol–water partition coefficient (Wildman–Crippen LogP) is 2.00. The summed E-state index contributed by atoms with van der Waals surface area (Å²) in [6.45, 7) is 8.08. The van der Waals surface area contributed by atoms with Crippen molar-refractivity contribution in [2.24, 2.45) is 5.92 Å². The van der Waals surface area contributed by atoms with Crippen LogP contribution in [0, 0.1) is 5.92 Å². The Bertz CT molecular complexity index is 343. The molecule has 0 fully saturated rings. The van der Waals surface area contributed by atoms with Gasteiger partial charge in [-0.15, -0.1) is 5.10 Å². The summed E-state index contributed by atoms with van der Waals surface area (Å²) in [5, 5.41) is 11.4. The molecule has 1 rings (SSSR count). The molecule has 1 heterocycles. The summed E-state index contributed by atoms with van der Waals surface area (Å²) in [6, 6.07) is 0.981. The molecule has 1 aromatic rings. The maximum atomic E-state index is 5.63. The second-order valence-corrected chi connectivity index (χ2v) is 5.83. The molecule has 0 bridgehead atoms. The van der Waals surface area contributed by atoms with Crippen LogP contribution in [0.15, 0.2) is 4.42 Å². The first-order chi connectivity index (χ1) is 8.54. The molecule has 0 radical (unpaired) electrons. The lowest BCUT2D eigenvalue weighted by Gasteiger charge is -2.21. The second-order valence-electron chi connectivity index (χ2n) is 4.92. The molecule has 1 N–H and O–H groups in total. The molecule has 5 nitrogen and oxygen atoms in total. The van der Waals surface area contributed by atoms with Gasteiger partial charge >= 0.3 is 6.01 Å². The standard InChI is InChI=1S/C12H24N4OS/c1-9(2)6-13-7-11-14-15-12(17-11)16(4)10(3)8-18-5/h9-10,13H,6-8H2,1-5H3. The normalized spacial score (nSPS) is 13.0. The lowest BCUT2D eigenvalue weighted by atomic mass is 10.2. The van der Waals surface area contributed by atoms with Gasteiger partial charge in [-0.05, 0) is 25.6 Å². The molecule has 0 saturated heterocycles. The number of thioether (sulfide) groups is 1. The van der Waals surface area contributed by atoms with Crippen LogP contribution in [0.1, 0.15) is 26.7 Å². The highest BCUT2D eigenvalue weighted by molar-refractivity contribution is 7.98. The van der Waals surface area contributed by atoms with Crippen LogP contribution in [-0.2, 0) is 6.54 Å². The van der Waals surface area contributed by atoms with Crippen LogP contribution in [0.4, 0.5) is 6.01 Å². The number of hydrogen-bond acceptors (Lipinski definition) is 6. The fourth-order valence-electron chi connectivity index (χ4n) is 1.47. The molecule has 104 valence electrons. The van der Waals surface area contributed by atoms with Gasteiger partial charge in [0.15, 0.2) is 0 Å². The zero-order chi connectivity index (χ0) is 13.5. The van der Waals surface area contributed by atoms with E-state index in [4.69, 9.17) is 4.42 Å². The Morgan fingerprint density at radius 1 is 1.33 bits per heavy atom. The molecule has 0 aliphatic rings. The van der Waals surface area contributed by atoms with Crippen molar-refractivity contribution in [3.05, 3.63) is 5.89 Å². The Balaban J connectivity index is 2.46. The van der Waals surface area contributed by atoms with Crippen molar-refractivity contribution in [3.8, 4) is 0 Å². The largest absolute Gasteiger partial charge is 0.407 e. The fraction of sp³-hybridized carbons (Fsp3) is 0.833. The van der Waals surface area contributed by atoms with Crippen LogP contribution in [0.25, 0.3) is 0 Å². The summed E-state index contributed by atoms with van der Waals surface area (Å²) in [7, 11) is 1.99. The van der Waals surface area contributed by atoms with E-state index in [1.54, 1.807) is 0 Å². The first-order valence-corrected chi connectivity index (χ1v) is 7.68. The summed E-state index contributed by atoms with van der Waals surface area (Å²) < 4.78 is 5.63. The molecule has 0 aliphatic carbocycles. The van der Waals surface area contributed by atoms with Crippen molar-refractivity contribution < 1.29 is 4.42 Å². The van der Waals surface area contributed by atoms with Gasteiger partial charge < -0.3 is 14.6 Å². The Morgan fingerprint density at radius 3 is 2.67 bits per heavy atom. The van der Waals surface area contributed by atoms with Gasteiger partial charge in [0, 0.05) is 18.8 Å². The number of hydrogen-bond donors (Lipinski definition) is 1. The van der Waals surface area contributed by atoms with Gasteiger partial charge in [0.05, 0.1) is 6.54 Å². The van der Waals surface area contributed by atoms with Gasteiger partial charge in [-0.1, -0.05) is 18.9 Å². The molecule has 6 heteroatoms. The van der Waals surface area contributed by atoms with Crippen LogP contribution in [0.3, 0.4) is 0 Å². The van der Waals surface area contributed by atoms with Gasteiger partial charge in [-0.2, -0.15) is 11.8 Å². The van der Waals surface area contributed by atoms with Crippen LogP contribution < -0.4 is 10.2 Å². The summed E-state index contributed by atoms with van der Waals surface area (Å²) in [5.74, 6) is 2.31. The van der Waals surface area contributed by atoms with E-state index in [0.29, 0.717) is 30.4 Å². The van der Waals surface area contributed by atoms with Crippen molar-refractivity contribution in [2.75, 3.05) is 30.5 Å². The second kappa shape index (κ2) is 7.63. The Kier molecular flexibility index (Phi) is 6.49. The minimum atomic E-state index is 0.386. The molecule has 1 unspecified atom stereocenters. The zero-order valence-corrected chi connectivity index (χ0v) is 12.8. The number of aromatic nitrogens is 2. The fourth-order valence-corrected chi connectivity index (χ4v) is 2.17. The zero-order valence-electron chi connectivity index (χ0n) is 11.9. The van der Waals surface area contributed by atoms with E-state index in [9.17, 15) is 0 Å². The smallest absolute Gasteiger partial charge is 0.318 e. The molecule has 0 aliphatic heterocycles. The monoisotopic (exact) mass is 272 g/mol. The third-order valence-corrected chi connectivity index (χ3v) is 3.47. The van der Waals surface area contributed by atoms with Crippen LogP contribution in [0.2, 0.25) is 0 Å². The molecular weight excluding hydrogens is 248 g/mol. The van der Waals surface area contributed by atoms with Crippen LogP contribution >= 0.6 is 11.8 Å². The van der Waals surface area contributed by atoms with Gasteiger partial charge in [0.25, 0.3) is 0 Å². The summed E-state index contributed by atoms with van der Waals surface area (Å²) in [5.41, 5.74) is 0. The predicted molar refractivity (Wildman–Crippen MR) is 77.1 cm³/mol. The topological polar surface area (TPSA) is 54.2 Å². The van der Waals surface area contributed by atoms with Crippen molar-refractivity contribution in [2.45, 2.75) is 33.4 Å². The third-order valence-electron chi connectivity index (χ3n) is 2.66. The molecular formula is C12H24N4OS. The average molecular weight is 272 g/mol. The summed E-state index contributed by atoms with van der Waals surface area (Å²) in [6.07, 6.45) is 2.10. The minimum Gasteiger partial charge on any atom is -0.407 e. The quantitative estimate of drug-likeness (QED) is 0.781. The molecule has 0 amide bonds. The van der Waals surface area contributed by atoms with Crippen LogP contribution in [-0.4, -0.2) is 41.8 Å². The number of rotatable bonds is 8. The number of anilines is 1. The van der Waals surface area contributed by atoms with Gasteiger partial charge in [0.2, 0.25) is 5.89 Å². The Labute approximate surface area is 114 Å². The third kappa shape index (κ3) is 4.86. The van der Waals surface area contributed by atoms with E-state index in [1.165, 1.54) is 0 Å². The highest BCUT2D eigenvalue weighted by atomic mass is 32.2. The summed E-state index contributed by atoms with van der Waals surface area (Å²) >= 11 is 1.81. The van der Waals surface area contributed by atoms with Gasteiger partial charge in [0.1, 0.15) is 0 Å². The molecule has 0 spiro atoms. The Morgan fingerprint density at radius 2 is 2.06 bits per heavy atom. The van der Waals surface area contributed by atoms with E-state index in [-0.39, 0.29) is 0 Å². The molecule has 1 atom stereocenters. The van der Waals surface area contributed by atoms with Crippen molar-refractivity contribution in [3.63, 3.8) is 0 Å². The van der Waals surface area contributed by atoms with E-state index < -0.39 is 0 Å². The SMILES string of the molecule is CSCC(C)N(C)c1nnc(CNCC(C)C)o1.